The molecule has 7 nitrogen and oxygen atoms in total. The van der Waals surface area contributed by atoms with Crippen LogP contribution in [-0.2, 0) is 9.53 Å². The Balaban J connectivity index is 1.39. The molecule has 0 spiro atoms. The van der Waals surface area contributed by atoms with E-state index >= 15 is 0 Å². The Bertz CT molecular complexity index is 1210. The van der Waals surface area contributed by atoms with Gasteiger partial charge in [0.1, 0.15) is 5.69 Å². The third kappa shape index (κ3) is 4.86. The molecule has 1 aromatic heterocycles. The molecule has 2 aliphatic rings. The molecule has 182 valence electrons. The highest BCUT2D eigenvalue weighted by Gasteiger charge is 2.32. The number of likely N-dealkylation sites (tertiary alicyclic amines) is 1. The Morgan fingerprint density at radius 2 is 1.63 bits per heavy atom. The summed E-state index contributed by atoms with van der Waals surface area (Å²) >= 11 is 0. The first-order valence-corrected chi connectivity index (χ1v) is 12.4. The molecule has 0 bridgehead atoms. The van der Waals surface area contributed by atoms with Crippen molar-refractivity contribution < 1.29 is 14.3 Å². The average Bonchev–Trinajstić information content (AvgIpc) is 3.34. The number of morpholine rings is 1. The number of hydrogen-bond donors (Lipinski definition) is 0. The largest absolute Gasteiger partial charge is 0.378 e. The van der Waals surface area contributed by atoms with Crippen LogP contribution in [0.15, 0.2) is 54.7 Å². The highest BCUT2D eigenvalue weighted by atomic mass is 16.5. The molecule has 2 aliphatic heterocycles. The molecule has 0 N–H and O–H groups in total. The van der Waals surface area contributed by atoms with E-state index in [9.17, 15) is 9.59 Å². The van der Waals surface area contributed by atoms with Gasteiger partial charge in [0, 0.05) is 43.9 Å². The van der Waals surface area contributed by atoms with Crippen LogP contribution >= 0.6 is 0 Å². The number of ether oxygens (including phenoxy) is 1. The minimum absolute atomic E-state index is 0.0250. The number of carbonyl (C=O) groups excluding carboxylic acids is 2. The van der Waals surface area contributed by atoms with Crippen molar-refractivity contribution >= 4 is 11.8 Å². The normalized spacial score (nSPS) is 17.0. The van der Waals surface area contributed by atoms with Crippen LogP contribution in [-0.4, -0.2) is 70.8 Å². The van der Waals surface area contributed by atoms with Crippen LogP contribution in [0.2, 0.25) is 0 Å². The van der Waals surface area contributed by atoms with Crippen LogP contribution in [0.4, 0.5) is 0 Å². The van der Waals surface area contributed by atoms with Crippen LogP contribution < -0.4 is 0 Å². The molecule has 0 unspecified atom stereocenters. The molecule has 0 saturated carbocycles. The summed E-state index contributed by atoms with van der Waals surface area (Å²) < 4.78 is 7.16. The van der Waals surface area contributed by atoms with E-state index in [0.29, 0.717) is 63.5 Å². The first-order valence-electron chi connectivity index (χ1n) is 12.4. The number of aryl methyl sites for hydroxylation is 2. The van der Waals surface area contributed by atoms with Crippen molar-refractivity contribution in [3.63, 3.8) is 0 Å². The van der Waals surface area contributed by atoms with Gasteiger partial charge in [-0.15, -0.1) is 0 Å². The lowest BCUT2D eigenvalue weighted by Crippen LogP contribution is -2.47. The van der Waals surface area contributed by atoms with Gasteiger partial charge in [-0.1, -0.05) is 42.0 Å². The summed E-state index contributed by atoms with van der Waals surface area (Å²) in [6, 6.07) is 16.1. The maximum absolute atomic E-state index is 13.8. The van der Waals surface area contributed by atoms with E-state index in [1.807, 2.05) is 52.4 Å². The summed E-state index contributed by atoms with van der Waals surface area (Å²) in [5.74, 6) is 0.149. The van der Waals surface area contributed by atoms with Crippen molar-refractivity contribution in [2.24, 2.45) is 5.92 Å². The van der Waals surface area contributed by atoms with Crippen LogP contribution in [0.5, 0.6) is 0 Å². The molecule has 0 aliphatic carbocycles. The fourth-order valence-corrected chi connectivity index (χ4v) is 5.06. The third-order valence-corrected chi connectivity index (χ3v) is 7.06. The number of hydrogen-bond acceptors (Lipinski definition) is 4. The first kappa shape index (κ1) is 23.3. The monoisotopic (exact) mass is 472 g/mol. The van der Waals surface area contributed by atoms with Gasteiger partial charge >= 0.3 is 0 Å². The quantitative estimate of drug-likeness (QED) is 0.578. The lowest BCUT2D eigenvalue weighted by Gasteiger charge is -2.35. The number of carbonyl (C=O) groups is 2. The van der Waals surface area contributed by atoms with E-state index in [4.69, 9.17) is 9.84 Å². The molecular weight excluding hydrogens is 440 g/mol. The molecular formula is C28H32N4O3. The maximum Gasteiger partial charge on any atom is 0.257 e. The van der Waals surface area contributed by atoms with Crippen molar-refractivity contribution in [2.45, 2.75) is 26.7 Å². The number of benzene rings is 2. The highest BCUT2D eigenvalue weighted by Crippen LogP contribution is 2.30. The molecule has 5 rings (SSSR count). The van der Waals surface area contributed by atoms with E-state index in [2.05, 4.69) is 26.0 Å². The molecule has 2 fully saturated rings. The number of piperidine rings is 1. The van der Waals surface area contributed by atoms with E-state index in [-0.39, 0.29) is 17.7 Å². The molecule has 0 radical (unpaired) electrons. The Morgan fingerprint density at radius 1 is 0.914 bits per heavy atom. The number of aromatic nitrogens is 2. The Labute approximate surface area is 206 Å². The second-order valence-corrected chi connectivity index (χ2v) is 9.49. The molecule has 2 saturated heterocycles. The predicted octanol–water partition coefficient (Wildman–Crippen LogP) is 3.87. The highest BCUT2D eigenvalue weighted by molar-refractivity contribution is 6.00. The maximum atomic E-state index is 13.8. The summed E-state index contributed by atoms with van der Waals surface area (Å²) in [5, 5.41) is 4.86. The zero-order valence-corrected chi connectivity index (χ0v) is 20.4. The first-order chi connectivity index (χ1) is 17.0. The van der Waals surface area contributed by atoms with E-state index in [0.717, 1.165) is 16.8 Å². The van der Waals surface area contributed by atoms with Crippen molar-refractivity contribution in [1.82, 2.24) is 19.6 Å². The van der Waals surface area contributed by atoms with Gasteiger partial charge < -0.3 is 14.5 Å². The van der Waals surface area contributed by atoms with E-state index in [1.54, 1.807) is 4.68 Å². The standard InChI is InChI=1S/C28H32N4O3/c1-20-8-9-24(21(2)18-20)26-25(19-32(29-26)23-6-4-3-5-7-23)28(34)30-12-10-22(11-13-30)27(33)31-14-16-35-17-15-31/h3-9,18-19,22H,10-17H2,1-2H3. The van der Waals surface area contributed by atoms with Crippen molar-refractivity contribution in [1.29, 1.82) is 0 Å². The van der Waals surface area contributed by atoms with Gasteiger partial charge in [-0.3, -0.25) is 9.59 Å². The van der Waals surface area contributed by atoms with Gasteiger partial charge in [0.15, 0.2) is 0 Å². The average molecular weight is 473 g/mol. The number of para-hydroxylation sites is 1. The minimum atomic E-state index is -0.0283. The summed E-state index contributed by atoms with van der Waals surface area (Å²) in [6.45, 7) is 7.80. The van der Waals surface area contributed by atoms with Gasteiger partial charge in [-0.05, 0) is 44.4 Å². The number of nitrogens with zero attached hydrogens (tertiary/aromatic N) is 4. The smallest absolute Gasteiger partial charge is 0.257 e. The lowest BCUT2D eigenvalue weighted by atomic mass is 9.94. The minimum Gasteiger partial charge on any atom is -0.378 e. The Kier molecular flexibility index (Phi) is 6.68. The van der Waals surface area contributed by atoms with Gasteiger partial charge in [-0.25, -0.2) is 4.68 Å². The molecule has 7 heteroatoms. The zero-order valence-electron chi connectivity index (χ0n) is 20.4. The van der Waals surface area contributed by atoms with Crippen LogP contribution in [0.1, 0.15) is 34.3 Å². The van der Waals surface area contributed by atoms with Crippen molar-refractivity contribution in [2.75, 3.05) is 39.4 Å². The molecule has 35 heavy (non-hydrogen) atoms. The summed E-state index contributed by atoms with van der Waals surface area (Å²) in [7, 11) is 0. The third-order valence-electron chi connectivity index (χ3n) is 7.06. The van der Waals surface area contributed by atoms with Gasteiger partial charge in [0.25, 0.3) is 5.91 Å². The van der Waals surface area contributed by atoms with Crippen LogP contribution in [0.25, 0.3) is 16.9 Å². The second kappa shape index (κ2) is 10.0. The SMILES string of the molecule is Cc1ccc(-c2nn(-c3ccccc3)cc2C(=O)N2CCC(C(=O)N3CCOCC3)CC2)c(C)c1. The number of rotatable bonds is 4. The summed E-state index contributed by atoms with van der Waals surface area (Å²) in [4.78, 5) is 30.5. The van der Waals surface area contributed by atoms with E-state index < -0.39 is 0 Å². The fourth-order valence-electron chi connectivity index (χ4n) is 5.06. The van der Waals surface area contributed by atoms with E-state index in [1.165, 1.54) is 5.56 Å². The Morgan fingerprint density at radius 3 is 2.31 bits per heavy atom. The topological polar surface area (TPSA) is 67.7 Å². The predicted molar refractivity (Wildman–Crippen MR) is 135 cm³/mol. The molecule has 3 heterocycles. The van der Waals surface area contributed by atoms with Crippen LogP contribution in [0, 0.1) is 19.8 Å². The van der Waals surface area contributed by atoms with Gasteiger partial charge in [0.2, 0.25) is 5.91 Å². The fraction of sp³-hybridized carbons (Fsp3) is 0.393. The molecule has 3 aromatic rings. The lowest BCUT2D eigenvalue weighted by molar-refractivity contribution is -0.141. The van der Waals surface area contributed by atoms with Crippen molar-refractivity contribution in [3.8, 4) is 16.9 Å². The van der Waals surface area contributed by atoms with Crippen LogP contribution in [0.3, 0.4) is 0 Å². The summed E-state index contributed by atoms with van der Waals surface area (Å²) in [5.41, 5.74) is 5.43. The molecule has 0 atom stereocenters. The summed E-state index contributed by atoms with van der Waals surface area (Å²) in [6.07, 6.45) is 3.22. The number of amides is 2. The molecule has 2 aromatic carbocycles. The molecule has 2 amide bonds. The van der Waals surface area contributed by atoms with Crippen molar-refractivity contribution in [3.05, 3.63) is 71.4 Å². The Hall–Kier alpha value is -3.45. The second-order valence-electron chi connectivity index (χ2n) is 9.49. The van der Waals surface area contributed by atoms with Gasteiger partial charge in [-0.2, -0.15) is 5.10 Å². The van der Waals surface area contributed by atoms with Gasteiger partial charge in [0.05, 0.1) is 24.5 Å². The zero-order chi connectivity index (χ0) is 24.4.